The maximum absolute atomic E-state index is 13.6. The van der Waals surface area contributed by atoms with Gasteiger partial charge in [0.2, 0.25) is 0 Å². The number of nitrogens with one attached hydrogen (secondary N) is 1. The fourth-order valence-corrected chi connectivity index (χ4v) is 5.13. The summed E-state index contributed by atoms with van der Waals surface area (Å²) in [5.74, 6) is -0.622. The molecule has 0 amide bonds. The number of rotatable bonds is 5. The normalized spacial score (nSPS) is 21.7. The zero-order valence-electron chi connectivity index (χ0n) is 18.7. The zero-order valence-corrected chi connectivity index (χ0v) is 20.2. The Morgan fingerprint density at radius 1 is 1.12 bits per heavy atom. The van der Waals surface area contributed by atoms with Crippen molar-refractivity contribution in [3.8, 4) is 0 Å². The lowest BCUT2D eigenvalue weighted by Crippen LogP contribution is -2.36. The average molecular weight is 494 g/mol. The van der Waals surface area contributed by atoms with Crippen molar-refractivity contribution in [3.63, 3.8) is 0 Å². The van der Waals surface area contributed by atoms with Crippen LogP contribution in [-0.4, -0.2) is 17.9 Å². The van der Waals surface area contributed by atoms with Gasteiger partial charge in [-0.2, -0.15) is 0 Å². The summed E-state index contributed by atoms with van der Waals surface area (Å²) in [6, 6.07) is 18.0. The number of hydrogen-bond donors (Lipinski definition) is 1. The molecule has 2 aromatic rings. The van der Waals surface area contributed by atoms with Crippen LogP contribution in [0.4, 0.5) is 0 Å². The summed E-state index contributed by atoms with van der Waals surface area (Å²) in [5.41, 5.74) is 4.93. The number of halogens is 1. The van der Waals surface area contributed by atoms with Crippen LogP contribution >= 0.6 is 15.9 Å². The van der Waals surface area contributed by atoms with Crippen molar-refractivity contribution in [2.45, 2.75) is 58.0 Å². The van der Waals surface area contributed by atoms with Crippen LogP contribution in [-0.2, 0) is 14.3 Å². The predicted octanol–water partition coefficient (Wildman–Crippen LogP) is 6.15. The highest BCUT2D eigenvalue weighted by Crippen LogP contribution is 2.47. The van der Waals surface area contributed by atoms with Gasteiger partial charge in [0.05, 0.1) is 11.7 Å². The van der Waals surface area contributed by atoms with Gasteiger partial charge in [-0.05, 0) is 49.8 Å². The maximum atomic E-state index is 13.6. The number of hydrogen-bond acceptors (Lipinski definition) is 4. The van der Waals surface area contributed by atoms with Crippen LogP contribution in [0.15, 0.2) is 81.6 Å². The summed E-state index contributed by atoms with van der Waals surface area (Å²) in [6.07, 6.45) is 1.70. The number of esters is 1. The molecule has 166 valence electrons. The molecule has 0 saturated carbocycles. The van der Waals surface area contributed by atoms with Gasteiger partial charge in [-0.25, -0.2) is 4.79 Å². The topological polar surface area (TPSA) is 55.4 Å². The molecule has 1 aliphatic heterocycles. The van der Waals surface area contributed by atoms with E-state index in [-0.39, 0.29) is 23.8 Å². The Morgan fingerprint density at radius 3 is 2.50 bits per heavy atom. The molecule has 0 radical (unpaired) electrons. The third-order valence-electron chi connectivity index (χ3n) is 6.42. The van der Waals surface area contributed by atoms with Crippen LogP contribution in [0.3, 0.4) is 0 Å². The smallest absolute Gasteiger partial charge is 0.337 e. The second kappa shape index (κ2) is 9.45. The molecule has 3 atom stereocenters. The molecule has 0 saturated heterocycles. The molecular weight excluding hydrogens is 466 g/mol. The molecule has 0 unspecified atom stereocenters. The van der Waals surface area contributed by atoms with Gasteiger partial charge in [0.1, 0.15) is 0 Å². The Morgan fingerprint density at radius 2 is 1.81 bits per heavy atom. The predicted molar refractivity (Wildman–Crippen MR) is 129 cm³/mol. The highest BCUT2D eigenvalue weighted by atomic mass is 79.9. The van der Waals surface area contributed by atoms with Crippen molar-refractivity contribution in [2.75, 3.05) is 0 Å². The first kappa shape index (κ1) is 22.5. The molecule has 32 heavy (non-hydrogen) atoms. The van der Waals surface area contributed by atoms with Gasteiger partial charge in [-0.3, -0.25) is 4.79 Å². The molecule has 2 aliphatic rings. The second-order valence-electron chi connectivity index (χ2n) is 8.57. The Balaban J connectivity index is 1.80. The lowest BCUT2D eigenvalue weighted by molar-refractivity contribution is -0.144. The number of dihydropyridines is 1. The minimum absolute atomic E-state index is 0.0784. The number of carbonyl (C=O) groups is 2. The molecule has 4 nitrogen and oxygen atoms in total. The monoisotopic (exact) mass is 493 g/mol. The molecule has 0 bridgehead atoms. The number of carbonyl (C=O) groups excluding carboxylic acids is 2. The highest BCUT2D eigenvalue weighted by Gasteiger charge is 2.42. The van der Waals surface area contributed by atoms with E-state index in [9.17, 15) is 9.59 Å². The van der Waals surface area contributed by atoms with E-state index in [0.717, 1.165) is 39.8 Å². The van der Waals surface area contributed by atoms with E-state index in [4.69, 9.17) is 4.74 Å². The molecule has 0 aromatic heterocycles. The van der Waals surface area contributed by atoms with Crippen LogP contribution in [0, 0.1) is 0 Å². The van der Waals surface area contributed by atoms with Gasteiger partial charge in [0.15, 0.2) is 5.78 Å². The van der Waals surface area contributed by atoms with E-state index in [1.807, 2.05) is 63.2 Å². The van der Waals surface area contributed by atoms with Crippen LogP contribution in [0.2, 0.25) is 0 Å². The van der Waals surface area contributed by atoms with Crippen molar-refractivity contribution in [3.05, 3.63) is 92.7 Å². The van der Waals surface area contributed by atoms with Crippen molar-refractivity contribution in [1.29, 1.82) is 0 Å². The van der Waals surface area contributed by atoms with Gasteiger partial charge < -0.3 is 10.1 Å². The first-order valence-corrected chi connectivity index (χ1v) is 11.9. The molecular formula is C27H28BrNO3. The van der Waals surface area contributed by atoms with Gasteiger partial charge in [0, 0.05) is 33.8 Å². The number of ketones is 1. The number of ether oxygens (including phenoxy) is 1. The lowest BCUT2D eigenvalue weighted by atomic mass is 9.72. The van der Waals surface area contributed by atoms with Crippen LogP contribution in [0.25, 0.3) is 0 Å². The van der Waals surface area contributed by atoms with Crippen molar-refractivity contribution in [1.82, 2.24) is 5.32 Å². The number of allylic oxidation sites excluding steroid dienone is 3. The summed E-state index contributed by atoms with van der Waals surface area (Å²) in [7, 11) is 0. The Labute approximate surface area is 197 Å². The number of Topliss-reactive ketones (excluding diaryl/α,β-unsaturated/α-hetero) is 1. The summed E-state index contributed by atoms with van der Waals surface area (Å²) in [6.45, 7) is 5.77. The van der Waals surface area contributed by atoms with Crippen molar-refractivity contribution < 1.29 is 14.3 Å². The van der Waals surface area contributed by atoms with E-state index < -0.39 is 5.92 Å². The molecule has 2 aromatic carbocycles. The van der Waals surface area contributed by atoms with Gasteiger partial charge in [0.25, 0.3) is 0 Å². The molecule has 1 N–H and O–H groups in total. The maximum Gasteiger partial charge on any atom is 0.337 e. The largest absolute Gasteiger partial charge is 0.459 e. The fraction of sp³-hybridized carbons (Fsp3) is 0.333. The standard InChI is InChI=1S/C27H28BrNO3/c1-4-16(2)32-27(31)24-17(3)29-22-14-19(18-10-6-5-7-11-18)15-23(30)26(22)25(24)20-12-8-9-13-21(20)28/h5-13,16,19,25,29H,4,14-15H2,1-3H3/t16-,19-,25+/m1/s1. The van der Waals surface area contributed by atoms with E-state index >= 15 is 0 Å². The molecule has 4 rings (SSSR count). The minimum Gasteiger partial charge on any atom is -0.459 e. The SMILES string of the molecule is CC[C@@H](C)OC(=O)C1=C(C)NC2=C(C(=O)C[C@H](c3ccccc3)C2)[C@H]1c1ccccc1Br. The summed E-state index contributed by atoms with van der Waals surface area (Å²) < 4.78 is 6.59. The summed E-state index contributed by atoms with van der Waals surface area (Å²) in [5, 5.41) is 3.41. The number of benzene rings is 2. The van der Waals surface area contributed by atoms with Crippen molar-refractivity contribution >= 4 is 27.7 Å². The van der Waals surface area contributed by atoms with Crippen LogP contribution in [0.1, 0.15) is 63.0 Å². The zero-order chi connectivity index (χ0) is 22.8. The molecule has 0 fully saturated rings. The van der Waals surface area contributed by atoms with E-state index in [1.165, 1.54) is 0 Å². The van der Waals surface area contributed by atoms with E-state index in [0.29, 0.717) is 17.6 Å². The second-order valence-corrected chi connectivity index (χ2v) is 9.43. The Bertz CT molecular complexity index is 1100. The van der Waals surface area contributed by atoms with Crippen molar-refractivity contribution in [2.24, 2.45) is 0 Å². The van der Waals surface area contributed by atoms with Gasteiger partial charge in [-0.1, -0.05) is 71.4 Å². The molecule has 1 aliphatic carbocycles. The summed E-state index contributed by atoms with van der Waals surface area (Å²) >= 11 is 3.65. The Kier molecular flexibility index (Phi) is 6.66. The third-order valence-corrected chi connectivity index (χ3v) is 7.14. The van der Waals surface area contributed by atoms with Crippen LogP contribution in [0.5, 0.6) is 0 Å². The molecule has 0 spiro atoms. The quantitative estimate of drug-likeness (QED) is 0.507. The third kappa shape index (κ3) is 4.31. The molecule has 1 heterocycles. The Hall–Kier alpha value is -2.66. The van der Waals surface area contributed by atoms with E-state index in [2.05, 4.69) is 33.4 Å². The fourth-order valence-electron chi connectivity index (χ4n) is 4.62. The summed E-state index contributed by atoms with van der Waals surface area (Å²) in [4.78, 5) is 26.8. The first-order chi connectivity index (χ1) is 15.4. The van der Waals surface area contributed by atoms with Gasteiger partial charge >= 0.3 is 5.97 Å². The molecule has 5 heteroatoms. The highest BCUT2D eigenvalue weighted by molar-refractivity contribution is 9.10. The minimum atomic E-state index is -0.456. The lowest BCUT2D eigenvalue weighted by Gasteiger charge is -2.37. The van der Waals surface area contributed by atoms with Gasteiger partial charge in [-0.15, -0.1) is 0 Å². The average Bonchev–Trinajstić information content (AvgIpc) is 2.78. The van der Waals surface area contributed by atoms with E-state index in [1.54, 1.807) is 0 Å². The van der Waals surface area contributed by atoms with Crippen LogP contribution < -0.4 is 5.32 Å². The first-order valence-electron chi connectivity index (χ1n) is 11.1.